The summed E-state index contributed by atoms with van der Waals surface area (Å²) in [6, 6.07) is 6.98. The topological polar surface area (TPSA) is 44.8 Å². The Kier molecular flexibility index (Phi) is 6.54. The molecule has 1 aliphatic heterocycles. The van der Waals surface area contributed by atoms with Gasteiger partial charge in [0.05, 0.1) is 0 Å². The van der Waals surface area contributed by atoms with Gasteiger partial charge in [-0.05, 0) is 62.8 Å². The zero-order chi connectivity index (χ0) is 18.5. The lowest BCUT2D eigenvalue weighted by atomic mass is 9.78. The predicted molar refractivity (Wildman–Crippen MR) is 106 cm³/mol. The third-order valence-corrected chi connectivity index (χ3v) is 6.02. The molecule has 5 heteroatoms. The summed E-state index contributed by atoms with van der Waals surface area (Å²) in [6.07, 6.45) is 3.50. The van der Waals surface area contributed by atoms with Gasteiger partial charge in [0.2, 0.25) is 5.91 Å². The molecule has 26 heavy (non-hydrogen) atoms. The Bertz CT molecular complexity index is 605. The molecule has 0 radical (unpaired) electrons. The maximum atomic E-state index is 11.5. The molecular formula is C21H33N3O2. The number of anilines is 1. The van der Waals surface area contributed by atoms with Gasteiger partial charge in [0.25, 0.3) is 0 Å². The fourth-order valence-electron chi connectivity index (χ4n) is 4.15. The van der Waals surface area contributed by atoms with Gasteiger partial charge in [-0.2, -0.15) is 0 Å². The van der Waals surface area contributed by atoms with Crippen molar-refractivity contribution in [2.45, 2.75) is 39.2 Å². The van der Waals surface area contributed by atoms with E-state index in [2.05, 4.69) is 47.2 Å². The monoisotopic (exact) mass is 359 g/mol. The van der Waals surface area contributed by atoms with Gasteiger partial charge in [0.15, 0.2) is 0 Å². The quantitative estimate of drug-likeness (QED) is 0.812. The summed E-state index contributed by atoms with van der Waals surface area (Å²) in [6.45, 7) is 10.3. The minimum Gasteiger partial charge on any atom is -0.375 e. The van der Waals surface area contributed by atoms with E-state index in [4.69, 9.17) is 4.74 Å². The zero-order valence-corrected chi connectivity index (χ0v) is 16.5. The molecule has 1 N–H and O–H groups in total. The van der Waals surface area contributed by atoms with Crippen molar-refractivity contribution in [2.24, 2.45) is 5.92 Å². The van der Waals surface area contributed by atoms with Crippen LogP contribution in [0.4, 0.5) is 5.69 Å². The molecule has 1 saturated heterocycles. The first kappa shape index (κ1) is 19.2. The van der Waals surface area contributed by atoms with Crippen LogP contribution in [-0.4, -0.2) is 63.3 Å². The summed E-state index contributed by atoms with van der Waals surface area (Å²) in [5, 5.41) is 3.03. The third-order valence-electron chi connectivity index (χ3n) is 6.02. The summed E-state index contributed by atoms with van der Waals surface area (Å²) in [4.78, 5) is 16.6. The van der Waals surface area contributed by atoms with Crippen molar-refractivity contribution < 1.29 is 9.53 Å². The average Bonchev–Trinajstić information content (AvgIpc) is 2.60. The van der Waals surface area contributed by atoms with Gasteiger partial charge in [0.1, 0.15) is 6.61 Å². The van der Waals surface area contributed by atoms with Crippen LogP contribution < -0.4 is 10.2 Å². The molecule has 0 atom stereocenters. The van der Waals surface area contributed by atoms with Crippen molar-refractivity contribution in [1.29, 1.82) is 0 Å². The molecule has 0 aromatic heterocycles. The van der Waals surface area contributed by atoms with Crippen molar-refractivity contribution >= 4 is 11.6 Å². The van der Waals surface area contributed by atoms with Crippen LogP contribution in [0.3, 0.4) is 0 Å². The molecule has 1 aliphatic carbocycles. The predicted octanol–water partition coefficient (Wildman–Crippen LogP) is 2.36. The van der Waals surface area contributed by atoms with Gasteiger partial charge < -0.3 is 15.0 Å². The van der Waals surface area contributed by atoms with Crippen molar-refractivity contribution in [3.63, 3.8) is 0 Å². The number of methoxy groups -OCH3 is 1. The van der Waals surface area contributed by atoms with E-state index in [-0.39, 0.29) is 12.5 Å². The van der Waals surface area contributed by atoms with Crippen LogP contribution in [0.25, 0.3) is 0 Å². The summed E-state index contributed by atoms with van der Waals surface area (Å²) in [5.74, 6) is 0.776. The van der Waals surface area contributed by atoms with Crippen molar-refractivity contribution in [3.8, 4) is 0 Å². The molecule has 2 aliphatic rings. The number of amides is 1. The Morgan fingerprint density at radius 3 is 2.62 bits per heavy atom. The van der Waals surface area contributed by atoms with E-state index >= 15 is 0 Å². The first-order valence-corrected chi connectivity index (χ1v) is 9.88. The Hall–Kier alpha value is -1.59. The number of carbonyl (C=O) groups is 1. The van der Waals surface area contributed by atoms with E-state index in [1.54, 1.807) is 7.11 Å². The summed E-state index contributed by atoms with van der Waals surface area (Å²) in [5.41, 5.74) is 4.19. The Labute approximate surface area is 157 Å². The van der Waals surface area contributed by atoms with E-state index in [1.165, 1.54) is 29.8 Å². The number of hydrogen-bond acceptors (Lipinski definition) is 4. The Balaban J connectivity index is 1.34. The zero-order valence-electron chi connectivity index (χ0n) is 16.5. The summed E-state index contributed by atoms with van der Waals surface area (Å²) >= 11 is 0. The molecule has 5 nitrogen and oxygen atoms in total. The Morgan fingerprint density at radius 1 is 1.19 bits per heavy atom. The number of piperazine rings is 1. The van der Waals surface area contributed by atoms with Crippen molar-refractivity contribution in [1.82, 2.24) is 10.2 Å². The molecule has 1 amide bonds. The minimum absolute atomic E-state index is 0.0125. The number of nitrogens with one attached hydrogen (secondary N) is 1. The standard InChI is InChI=1S/C21H33N3O2/c1-16-5-4-6-20(17(16)2)24-11-9-23(10-12-24)8-7-18-13-19(14-18)22-21(25)15-26-3/h4-6,18-19H,7-15H2,1-3H3,(H,22,25). The number of benzene rings is 1. The highest BCUT2D eigenvalue weighted by Crippen LogP contribution is 2.31. The SMILES string of the molecule is COCC(=O)NC1CC(CCN2CCN(c3cccc(C)c3C)CC2)C1. The number of nitrogens with zero attached hydrogens (tertiary/aromatic N) is 2. The van der Waals surface area contributed by atoms with Crippen LogP contribution in [0.5, 0.6) is 0 Å². The molecular weight excluding hydrogens is 326 g/mol. The number of rotatable bonds is 7. The molecule has 2 fully saturated rings. The lowest BCUT2D eigenvalue weighted by Gasteiger charge is -2.40. The maximum Gasteiger partial charge on any atom is 0.246 e. The van der Waals surface area contributed by atoms with Gasteiger partial charge >= 0.3 is 0 Å². The van der Waals surface area contributed by atoms with Crippen LogP contribution in [0.2, 0.25) is 0 Å². The fraction of sp³-hybridized carbons (Fsp3) is 0.667. The maximum absolute atomic E-state index is 11.5. The van der Waals surface area contributed by atoms with Crippen LogP contribution in [0, 0.1) is 19.8 Å². The molecule has 1 aromatic rings. The van der Waals surface area contributed by atoms with E-state index in [0.29, 0.717) is 6.04 Å². The number of aryl methyl sites for hydroxylation is 1. The van der Waals surface area contributed by atoms with E-state index in [9.17, 15) is 4.79 Å². The second kappa shape index (κ2) is 8.87. The van der Waals surface area contributed by atoms with Crippen LogP contribution in [0.1, 0.15) is 30.4 Å². The molecule has 0 unspecified atom stereocenters. The van der Waals surface area contributed by atoms with Crippen molar-refractivity contribution in [2.75, 3.05) is 51.3 Å². The average molecular weight is 360 g/mol. The molecule has 1 heterocycles. The van der Waals surface area contributed by atoms with Gasteiger partial charge in [-0.25, -0.2) is 0 Å². The second-order valence-electron chi connectivity index (χ2n) is 7.87. The highest BCUT2D eigenvalue weighted by atomic mass is 16.5. The van der Waals surface area contributed by atoms with Crippen LogP contribution >= 0.6 is 0 Å². The second-order valence-corrected chi connectivity index (χ2v) is 7.87. The van der Waals surface area contributed by atoms with E-state index < -0.39 is 0 Å². The van der Waals surface area contributed by atoms with E-state index in [1.807, 2.05) is 0 Å². The lowest BCUT2D eigenvalue weighted by molar-refractivity contribution is -0.126. The van der Waals surface area contributed by atoms with Gasteiger partial charge in [-0.3, -0.25) is 9.69 Å². The minimum atomic E-state index is 0.0125. The molecule has 144 valence electrons. The summed E-state index contributed by atoms with van der Waals surface area (Å²) in [7, 11) is 1.56. The van der Waals surface area contributed by atoms with Gasteiger partial charge in [-0.1, -0.05) is 12.1 Å². The number of carbonyl (C=O) groups excluding carboxylic acids is 1. The number of hydrogen-bond donors (Lipinski definition) is 1. The first-order valence-electron chi connectivity index (χ1n) is 9.88. The largest absolute Gasteiger partial charge is 0.375 e. The van der Waals surface area contributed by atoms with Gasteiger partial charge in [0, 0.05) is 45.0 Å². The normalized spacial score (nSPS) is 23.6. The molecule has 0 bridgehead atoms. The van der Waals surface area contributed by atoms with Crippen LogP contribution in [-0.2, 0) is 9.53 Å². The number of ether oxygens (including phenoxy) is 1. The smallest absolute Gasteiger partial charge is 0.246 e. The first-order chi connectivity index (χ1) is 12.6. The Morgan fingerprint density at radius 2 is 1.92 bits per heavy atom. The fourth-order valence-corrected chi connectivity index (χ4v) is 4.15. The van der Waals surface area contributed by atoms with Gasteiger partial charge in [-0.15, -0.1) is 0 Å². The molecule has 3 rings (SSSR count). The lowest BCUT2D eigenvalue weighted by Crippen LogP contribution is -2.49. The highest BCUT2D eigenvalue weighted by molar-refractivity contribution is 5.77. The third kappa shape index (κ3) is 4.77. The van der Waals surface area contributed by atoms with Crippen molar-refractivity contribution in [3.05, 3.63) is 29.3 Å². The molecule has 0 spiro atoms. The highest BCUT2D eigenvalue weighted by Gasteiger charge is 2.30. The molecule has 1 aromatic carbocycles. The van der Waals surface area contributed by atoms with E-state index in [0.717, 1.165) is 44.9 Å². The summed E-state index contributed by atoms with van der Waals surface area (Å²) < 4.78 is 4.86. The molecule has 1 saturated carbocycles. The van der Waals surface area contributed by atoms with Crippen LogP contribution in [0.15, 0.2) is 18.2 Å².